The summed E-state index contributed by atoms with van der Waals surface area (Å²) in [7, 11) is 0. The topological polar surface area (TPSA) is 44.8 Å². The number of carbonyl (C=O) groups is 1. The van der Waals surface area contributed by atoms with E-state index in [4.69, 9.17) is 14.2 Å². The third-order valence-electron chi connectivity index (χ3n) is 2.10. The van der Waals surface area contributed by atoms with Crippen LogP contribution in [0.2, 0.25) is 0 Å². The van der Waals surface area contributed by atoms with Gasteiger partial charge in [-0.1, -0.05) is 6.08 Å². The highest BCUT2D eigenvalue weighted by molar-refractivity contribution is 5.81. The Morgan fingerprint density at radius 3 is 2.62 bits per heavy atom. The Hall–Kier alpha value is -1.13. The quantitative estimate of drug-likeness (QED) is 0.416. The van der Waals surface area contributed by atoms with Crippen LogP contribution in [0, 0.1) is 0 Å². The first-order chi connectivity index (χ1) is 7.48. The molecule has 0 N–H and O–H groups in total. The number of hydrogen-bond acceptors (Lipinski definition) is 4. The molecule has 16 heavy (non-hydrogen) atoms. The minimum Gasteiger partial charge on any atom is -0.463 e. The van der Waals surface area contributed by atoms with Gasteiger partial charge < -0.3 is 14.2 Å². The summed E-state index contributed by atoms with van der Waals surface area (Å²) in [5.74, 6) is -1.03. The first-order valence-corrected chi connectivity index (χ1v) is 5.31. The van der Waals surface area contributed by atoms with Crippen molar-refractivity contribution < 1.29 is 19.0 Å². The van der Waals surface area contributed by atoms with Gasteiger partial charge in [-0.3, -0.25) is 0 Å². The molecule has 2 atom stereocenters. The van der Waals surface area contributed by atoms with E-state index in [0.29, 0.717) is 6.61 Å². The summed E-state index contributed by atoms with van der Waals surface area (Å²) in [5.41, 5.74) is 0. The Morgan fingerprint density at radius 1 is 1.44 bits per heavy atom. The van der Waals surface area contributed by atoms with E-state index in [9.17, 15) is 4.79 Å². The molecule has 4 nitrogen and oxygen atoms in total. The zero-order valence-electron chi connectivity index (χ0n) is 9.93. The monoisotopic (exact) mass is 226 g/mol. The van der Waals surface area contributed by atoms with Crippen molar-refractivity contribution in [3.05, 3.63) is 24.8 Å². The van der Waals surface area contributed by atoms with Crippen LogP contribution in [0.4, 0.5) is 0 Å². The molecule has 0 aliphatic carbocycles. The Labute approximate surface area is 95.9 Å². The molecule has 1 fully saturated rings. The molecule has 0 aromatic rings. The molecule has 1 saturated heterocycles. The molecular weight excluding hydrogens is 208 g/mol. The fraction of sp³-hybridized carbons (Fsp3) is 0.583. The van der Waals surface area contributed by atoms with Gasteiger partial charge in [0.2, 0.25) is 0 Å². The second-order valence-corrected chi connectivity index (χ2v) is 3.91. The van der Waals surface area contributed by atoms with Crippen molar-refractivity contribution in [1.82, 2.24) is 0 Å². The van der Waals surface area contributed by atoms with Gasteiger partial charge in [0.05, 0.1) is 6.61 Å². The van der Waals surface area contributed by atoms with Crippen molar-refractivity contribution in [2.24, 2.45) is 0 Å². The molecule has 0 unspecified atom stereocenters. The summed E-state index contributed by atoms with van der Waals surface area (Å²) in [5, 5.41) is 0. The van der Waals surface area contributed by atoms with Gasteiger partial charge in [-0.25, -0.2) is 4.79 Å². The highest BCUT2D eigenvalue weighted by Crippen LogP contribution is 2.29. The lowest BCUT2D eigenvalue weighted by atomic mass is 10.2. The number of hydrogen-bond donors (Lipinski definition) is 0. The van der Waals surface area contributed by atoms with E-state index < -0.39 is 5.79 Å². The molecule has 0 spiro atoms. The first-order valence-electron chi connectivity index (χ1n) is 5.31. The molecule has 0 saturated carbocycles. The van der Waals surface area contributed by atoms with Crippen molar-refractivity contribution in [3.8, 4) is 0 Å². The van der Waals surface area contributed by atoms with Crippen LogP contribution in [0.1, 0.15) is 20.8 Å². The van der Waals surface area contributed by atoms with Crippen LogP contribution in [-0.2, 0) is 19.0 Å². The zero-order valence-corrected chi connectivity index (χ0v) is 9.93. The van der Waals surface area contributed by atoms with Gasteiger partial charge in [0.1, 0.15) is 12.2 Å². The summed E-state index contributed by atoms with van der Waals surface area (Å²) in [6.07, 6.45) is 4.13. The largest absolute Gasteiger partial charge is 0.463 e. The van der Waals surface area contributed by atoms with Gasteiger partial charge in [0.25, 0.3) is 0 Å². The van der Waals surface area contributed by atoms with E-state index in [1.165, 1.54) is 6.08 Å². The van der Waals surface area contributed by atoms with Crippen LogP contribution in [0.5, 0.6) is 0 Å². The molecule has 1 aliphatic rings. The number of ether oxygens (including phenoxy) is 3. The standard InChI is InChI=1S/C12H18O4/c1-5-9-10(16-12(3,4)15-9)7-8-11(13)14-6-2/h5,7-10H,1,6H2,2-4H3/b8-7-/t9-,10+/m0/s1. The summed E-state index contributed by atoms with van der Waals surface area (Å²) in [6, 6.07) is 0. The fourth-order valence-electron chi connectivity index (χ4n) is 1.51. The SMILES string of the molecule is C=C[C@@H]1OC(C)(C)O[C@@H]1/C=C\C(=O)OCC. The zero-order chi connectivity index (χ0) is 12.2. The maximum Gasteiger partial charge on any atom is 0.330 e. The van der Waals surface area contributed by atoms with Crippen molar-refractivity contribution in [1.29, 1.82) is 0 Å². The minimum absolute atomic E-state index is 0.235. The Balaban J connectivity index is 2.59. The lowest BCUT2D eigenvalue weighted by Crippen LogP contribution is -2.20. The van der Waals surface area contributed by atoms with E-state index in [1.807, 2.05) is 13.8 Å². The van der Waals surface area contributed by atoms with E-state index in [0.717, 1.165) is 0 Å². The van der Waals surface area contributed by atoms with E-state index in [1.54, 1.807) is 19.1 Å². The van der Waals surface area contributed by atoms with Gasteiger partial charge in [0.15, 0.2) is 5.79 Å². The molecule has 4 heteroatoms. The van der Waals surface area contributed by atoms with Crippen molar-refractivity contribution in [2.45, 2.75) is 38.8 Å². The van der Waals surface area contributed by atoms with E-state index >= 15 is 0 Å². The lowest BCUT2D eigenvalue weighted by Gasteiger charge is -2.15. The molecule has 1 rings (SSSR count). The molecule has 1 heterocycles. The van der Waals surface area contributed by atoms with Gasteiger partial charge in [0, 0.05) is 6.08 Å². The van der Waals surface area contributed by atoms with E-state index in [2.05, 4.69) is 6.58 Å². The van der Waals surface area contributed by atoms with Crippen molar-refractivity contribution in [3.63, 3.8) is 0 Å². The molecular formula is C12H18O4. The van der Waals surface area contributed by atoms with Gasteiger partial charge in [-0.2, -0.15) is 0 Å². The number of esters is 1. The smallest absolute Gasteiger partial charge is 0.330 e. The van der Waals surface area contributed by atoms with Crippen LogP contribution in [0.15, 0.2) is 24.8 Å². The third-order valence-corrected chi connectivity index (χ3v) is 2.10. The maximum absolute atomic E-state index is 11.1. The maximum atomic E-state index is 11.1. The summed E-state index contributed by atoms with van der Waals surface area (Å²) >= 11 is 0. The number of rotatable bonds is 4. The third kappa shape index (κ3) is 3.47. The van der Waals surface area contributed by atoms with Crippen LogP contribution in [-0.4, -0.2) is 30.6 Å². The van der Waals surface area contributed by atoms with E-state index in [-0.39, 0.29) is 18.2 Å². The van der Waals surface area contributed by atoms with Gasteiger partial charge >= 0.3 is 5.97 Å². The van der Waals surface area contributed by atoms with Gasteiger partial charge in [-0.15, -0.1) is 6.58 Å². The average Bonchev–Trinajstić information content (AvgIpc) is 2.51. The van der Waals surface area contributed by atoms with Crippen LogP contribution < -0.4 is 0 Å². The van der Waals surface area contributed by atoms with Crippen LogP contribution in [0.25, 0.3) is 0 Å². The molecule has 1 aliphatic heterocycles. The molecule has 0 bridgehead atoms. The predicted molar refractivity (Wildman–Crippen MR) is 59.8 cm³/mol. The Bertz CT molecular complexity index is 293. The normalized spacial score (nSPS) is 28.2. The summed E-state index contributed by atoms with van der Waals surface area (Å²) in [4.78, 5) is 11.1. The predicted octanol–water partition coefficient (Wildman–Crippen LogP) is 1.81. The fourth-order valence-corrected chi connectivity index (χ4v) is 1.51. The summed E-state index contributed by atoms with van der Waals surface area (Å²) < 4.78 is 15.9. The molecule has 0 amide bonds. The van der Waals surface area contributed by atoms with Gasteiger partial charge in [-0.05, 0) is 26.8 Å². The molecule has 0 aromatic carbocycles. The van der Waals surface area contributed by atoms with Crippen molar-refractivity contribution in [2.75, 3.05) is 6.61 Å². The van der Waals surface area contributed by atoms with Crippen molar-refractivity contribution >= 4 is 5.97 Å². The highest BCUT2D eigenvalue weighted by Gasteiger charge is 2.38. The second kappa shape index (κ2) is 5.27. The highest BCUT2D eigenvalue weighted by atomic mass is 16.7. The Morgan fingerprint density at radius 2 is 2.06 bits per heavy atom. The first kappa shape index (κ1) is 12.9. The lowest BCUT2D eigenvalue weighted by molar-refractivity contribution is -0.140. The number of carbonyl (C=O) groups excluding carboxylic acids is 1. The molecule has 0 aromatic heterocycles. The molecule has 90 valence electrons. The second-order valence-electron chi connectivity index (χ2n) is 3.91. The molecule has 0 radical (unpaired) electrons. The summed E-state index contributed by atoms with van der Waals surface area (Å²) in [6.45, 7) is 9.43. The minimum atomic E-state index is -0.650. The van der Waals surface area contributed by atoms with Crippen LogP contribution in [0.3, 0.4) is 0 Å². The average molecular weight is 226 g/mol. The van der Waals surface area contributed by atoms with Crippen LogP contribution >= 0.6 is 0 Å². The Kier molecular flexibility index (Phi) is 4.26.